The lowest BCUT2D eigenvalue weighted by molar-refractivity contribution is 0.229. The van der Waals surface area contributed by atoms with Crippen LogP contribution in [0.4, 0.5) is 10.2 Å². The maximum Gasteiger partial charge on any atom is 0.318 e. The number of aryl methyl sites for hydroxylation is 1. The van der Waals surface area contributed by atoms with Gasteiger partial charge in [0.25, 0.3) is 0 Å². The van der Waals surface area contributed by atoms with E-state index < -0.39 is 5.82 Å². The average Bonchev–Trinajstić information content (AvgIpc) is 3.41. The van der Waals surface area contributed by atoms with E-state index in [-0.39, 0.29) is 33.4 Å². The zero-order valence-corrected chi connectivity index (χ0v) is 24.4. The number of piperazine rings is 1. The molecule has 0 aliphatic carbocycles. The number of aromatic hydroxyl groups is 1. The van der Waals surface area contributed by atoms with Crippen LogP contribution in [0.1, 0.15) is 30.5 Å². The molecule has 2 bridgehead atoms. The van der Waals surface area contributed by atoms with Gasteiger partial charge in [-0.2, -0.15) is 15.2 Å². The number of halogens is 2. The molecule has 2 atom stereocenters. The van der Waals surface area contributed by atoms with Crippen LogP contribution in [-0.2, 0) is 7.05 Å². The highest BCUT2D eigenvalue weighted by Gasteiger charge is 2.34. The Kier molecular flexibility index (Phi) is 7.14. The molecule has 2 N–H and O–H groups in total. The van der Waals surface area contributed by atoms with Crippen LogP contribution in [0.5, 0.6) is 11.8 Å². The molecule has 0 radical (unpaired) electrons. The van der Waals surface area contributed by atoms with E-state index in [0.29, 0.717) is 45.4 Å². The average molecular weight is 578 g/mol. The van der Waals surface area contributed by atoms with Crippen LogP contribution in [0.2, 0.25) is 5.02 Å². The van der Waals surface area contributed by atoms with E-state index in [1.54, 1.807) is 12.1 Å². The third-order valence-corrected chi connectivity index (χ3v) is 8.92. The summed E-state index contributed by atoms with van der Waals surface area (Å²) in [7, 11) is 5.43. The zero-order valence-electron chi connectivity index (χ0n) is 23.6. The second-order valence-corrected chi connectivity index (χ2v) is 11.6. The third-order valence-electron chi connectivity index (χ3n) is 8.62. The van der Waals surface area contributed by atoms with Crippen LogP contribution in [0.25, 0.3) is 32.9 Å². The van der Waals surface area contributed by atoms with Crippen molar-refractivity contribution in [1.82, 2.24) is 24.8 Å². The van der Waals surface area contributed by atoms with Crippen molar-refractivity contribution in [2.24, 2.45) is 7.05 Å². The van der Waals surface area contributed by atoms with E-state index in [1.165, 1.54) is 32.7 Å². The number of benzene rings is 2. The van der Waals surface area contributed by atoms with Gasteiger partial charge in [-0.1, -0.05) is 11.6 Å². The summed E-state index contributed by atoms with van der Waals surface area (Å²) in [5.41, 5.74) is 2.12. The highest BCUT2D eigenvalue weighted by molar-refractivity contribution is 6.35. The maximum absolute atomic E-state index is 16.5. The molecule has 2 unspecified atom stereocenters. The van der Waals surface area contributed by atoms with Crippen LogP contribution in [0.3, 0.4) is 0 Å². The lowest BCUT2D eigenvalue weighted by Crippen LogP contribution is -2.51. The normalized spacial score (nSPS) is 20.1. The molecule has 9 nitrogen and oxygen atoms in total. The van der Waals surface area contributed by atoms with E-state index in [4.69, 9.17) is 16.3 Å². The molecule has 3 aliphatic rings. The molecule has 0 amide bonds. The van der Waals surface area contributed by atoms with Gasteiger partial charge in [-0.05, 0) is 64.5 Å². The number of hydrogen-bond acceptors (Lipinski definition) is 8. The molecule has 41 heavy (non-hydrogen) atoms. The largest absolute Gasteiger partial charge is 0.507 e. The number of nitrogens with zero attached hydrogens (tertiary/aromatic N) is 6. The Labute approximate surface area is 243 Å². The Morgan fingerprint density at radius 3 is 2.41 bits per heavy atom. The van der Waals surface area contributed by atoms with Crippen molar-refractivity contribution >= 4 is 39.2 Å². The van der Waals surface area contributed by atoms with Crippen LogP contribution >= 0.6 is 11.6 Å². The topological polar surface area (TPSA) is 102 Å². The van der Waals surface area contributed by atoms with Crippen molar-refractivity contribution in [1.29, 1.82) is 5.26 Å². The minimum Gasteiger partial charge on any atom is -0.507 e. The number of hydrogen-bond donors (Lipinski definition) is 2. The van der Waals surface area contributed by atoms with Crippen molar-refractivity contribution in [3.05, 3.63) is 40.3 Å². The van der Waals surface area contributed by atoms with Gasteiger partial charge in [-0.3, -0.25) is 0 Å². The van der Waals surface area contributed by atoms with E-state index >= 15 is 4.39 Å². The fraction of sp³-hybridized carbons (Fsp3) is 0.433. The maximum atomic E-state index is 16.5. The van der Waals surface area contributed by atoms with Gasteiger partial charge in [0.2, 0.25) is 0 Å². The number of likely N-dealkylation sites (tertiary alicyclic amines) is 1. The molecule has 3 saturated heterocycles. The summed E-state index contributed by atoms with van der Waals surface area (Å²) in [4.78, 5) is 13.4. The van der Waals surface area contributed by atoms with E-state index in [9.17, 15) is 10.4 Å². The SMILES string of the molecule is CN1CCC1.COc1nc(N2CC3CCC(C2)N3)c2cc(Cl)c(-c3c(C)n(C)c4ccc(O)c(C#N)c34)c(F)c2n1. The Morgan fingerprint density at radius 1 is 1.15 bits per heavy atom. The van der Waals surface area contributed by atoms with Gasteiger partial charge in [0.15, 0.2) is 5.82 Å². The van der Waals surface area contributed by atoms with E-state index in [1.807, 2.05) is 18.5 Å². The molecular formula is C30H33ClFN7O2. The molecule has 2 aromatic heterocycles. The lowest BCUT2D eigenvalue weighted by atomic mass is 9.96. The van der Waals surface area contributed by atoms with Crippen LogP contribution in [-0.4, -0.2) is 77.0 Å². The second kappa shape index (κ2) is 10.6. The van der Waals surface area contributed by atoms with Crippen molar-refractivity contribution < 1.29 is 14.2 Å². The van der Waals surface area contributed by atoms with Crippen LogP contribution in [0.15, 0.2) is 18.2 Å². The number of phenols is 1. The van der Waals surface area contributed by atoms with Crippen molar-refractivity contribution in [2.75, 3.05) is 45.2 Å². The van der Waals surface area contributed by atoms with Gasteiger partial charge in [-0.15, -0.1) is 0 Å². The summed E-state index contributed by atoms with van der Waals surface area (Å²) < 4.78 is 23.7. The lowest BCUT2D eigenvalue weighted by Gasteiger charge is -2.34. The Morgan fingerprint density at radius 2 is 1.83 bits per heavy atom. The first-order valence-corrected chi connectivity index (χ1v) is 14.2. The number of phenolic OH excluding ortho intramolecular Hbond substituents is 1. The molecular weight excluding hydrogens is 545 g/mol. The summed E-state index contributed by atoms with van der Waals surface area (Å²) in [6, 6.07) is 7.71. The molecule has 2 aromatic carbocycles. The number of anilines is 1. The molecule has 3 fully saturated rings. The zero-order chi connectivity index (χ0) is 29.0. The molecule has 5 heterocycles. The summed E-state index contributed by atoms with van der Waals surface area (Å²) in [6.07, 6.45) is 3.60. The number of nitriles is 1. The summed E-state index contributed by atoms with van der Waals surface area (Å²) in [6.45, 7) is 5.97. The minimum atomic E-state index is -0.625. The van der Waals surface area contributed by atoms with Gasteiger partial charge < -0.3 is 29.5 Å². The highest BCUT2D eigenvalue weighted by atomic mass is 35.5. The summed E-state index contributed by atoms with van der Waals surface area (Å²) in [5, 5.41) is 24.9. The first-order valence-electron chi connectivity index (χ1n) is 13.9. The van der Waals surface area contributed by atoms with Crippen LogP contribution < -0.4 is 15.0 Å². The van der Waals surface area contributed by atoms with Gasteiger partial charge >= 0.3 is 6.01 Å². The molecule has 11 heteroatoms. The van der Waals surface area contributed by atoms with Gasteiger partial charge in [-0.25, -0.2) is 4.39 Å². The number of ether oxygens (including phenoxy) is 1. The number of fused-ring (bicyclic) bond motifs is 4. The van der Waals surface area contributed by atoms with Crippen molar-refractivity contribution in [3.8, 4) is 29.0 Å². The number of aromatic nitrogens is 3. The quantitative estimate of drug-likeness (QED) is 0.360. The van der Waals surface area contributed by atoms with E-state index in [0.717, 1.165) is 25.9 Å². The van der Waals surface area contributed by atoms with Gasteiger partial charge in [0.05, 0.1) is 17.6 Å². The fourth-order valence-corrected chi connectivity index (χ4v) is 6.51. The van der Waals surface area contributed by atoms with Gasteiger partial charge in [0, 0.05) is 59.8 Å². The number of rotatable bonds is 3. The predicted molar refractivity (Wildman–Crippen MR) is 158 cm³/mol. The minimum absolute atomic E-state index is 0.0685. The molecule has 7 rings (SSSR count). The first-order chi connectivity index (χ1) is 19.7. The molecule has 4 aromatic rings. The van der Waals surface area contributed by atoms with E-state index in [2.05, 4.69) is 38.2 Å². The third kappa shape index (κ3) is 4.62. The molecule has 0 saturated carbocycles. The monoisotopic (exact) mass is 577 g/mol. The summed E-state index contributed by atoms with van der Waals surface area (Å²) >= 11 is 6.80. The molecule has 3 aliphatic heterocycles. The van der Waals surface area contributed by atoms with Crippen LogP contribution in [0, 0.1) is 24.1 Å². The second-order valence-electron chi connectivity index (χ2n) is 11.2. The number of nitrogens with one attached hydrogen (secondary N) is 1. The Balaban J connectivity index is 0.000000548. The first kappa shape index (κ1) is 27.5. The fourth-order valence-electron chi connectivity index (χ4n) is 6.23. The molecule has 214 valence electrons. The Bertz CT molecular complexity index is 1700. The van der Waals surface area contributed by atoms with Crippen molar-refractivity contribution in [2.45, 2.75) is 38.3 Å². The number of methoxy groups -OCH3 is 1. The smallest absolute Gasteiger partial charge is 0.318 e. The van der Waals surface area contributed by atoms with Crippen molar-refractivity contribution in [3.63, 3.8) is 0 Å². The highest BCUT2D eigenvalue weighted by Crippen LogP contribution is 2.45. The summed E-state index contributed by atoms with van der Waals surface area (Å²) in [5.74, 6) is -0.207. The molecule has 0 spiro atoms. The Hall–Kier alpha value is -3.65. The van der Waals surface area contributed by atoms with Gasteiger partial charge in [0.1, 0.15) is 28.7 Å². The standard InChI is InChI=1S/C26H24ClFN6O2.C4H9N/c1-12-20(21-16(9-29)19(35)7-6-18(21)33(12)2)22-17(27)8-15-24(23(22)28)31-26(36-3)32-25(15)34-10-13-4-5-14(11-34)30-13;1-5-3-2-4-5/h6-8,13-14,30,35H,4-5,10-11H2,1-3H3;2-4H2,1H3. The predicted octanol–water partition coefficient (Wildman–Crippen LogP) is 4.74.